The van der Waals surface area contributed by atoms with Crippen LogP contribution in [0.25, 0.3) is 0 Å². The van der Waals surface area contributed by atoms with Crippen molar-refractivity contribution in [3.63, 3.8) is 0 Å². The largest absolute Gasteiger partial charge is 0.545 e. The Morgan fingerprint density at radius 3 is 2.25 bits per heavy atom. The molecule has 0 spiro atoms. The lowest BCUT2D eigenvalue weighted by Gasteiger charge is -2.12. The van der Waals surface area contributed by atoms with Crippen molar-refractivity contribution in [3.8, 4) is 0 Å². The van der Waals surface area contributed by atoms with Gasteiger partial charge in [0.2, 0.25) is 0 Å². The minimum atomic E-state index is -1.35. The van der Waals surface area contributed by atoms with Gasteiger partial charge in [-0.15, -0.1) is 0 Å². The molecule has 0 aliphatic heterocycles. The molecule has 2 amide bonds. The molecule has 102 valence electrons. The Morgan fingerprint density at radius 2 is 1.60 bits per heavy atom. The van der Waals surface area contributed by atoms with E-state index >= 15 is 0 Å². The molecule has 2 rings (SSSR count). The molecule has 0 aromatic heterocycles. The highest BCUT2D eigenvalue weighted by atomic mass is 35.5. The predicted molar refractivity (Wildman–Crippen MR) is 74.9 cm³/mol. The summed E-state index contributed by atoms with van der Waals surface area (Å²) in [5.41, 5.74) is 0.621. The first kappa shape index (κ1) is 13.9. The number of aromatic carboxylic acids is 1. The summed E-state index contributed by atoms with van der Waals surface area (Å²) in [5, 5.41) is 16.5. The van der Waals surface area contributed by atoms with Crippen molar-refractivity contribution in [2.24, 2.45) is 0 Å². The summed E-state index contributed by atoms with van der Waals surface area (Å²) in [6, 6.07) is 12.0. The van der Waals surface area contributed by atoms with Crippen molar-refractivity contribution < 1.29 is 14.7 Å². The molecule has 0 saturated heterocycles. The number of urea groups is 1. The van der Waals surface area contributed by atoms with Crippen LogP contribution in [0.4, 0.5) is 16.2 Å². The summed E-state index contributed by atoms with van der Waals surface area (Å²) in [6.45, 7) is 0. The number of amides is 2. The second kappa shape index (κ2) is 6.08. The number of carbonyl (C=O) groups is 2. The molecule has 0 fully saturated rings. The van der Waals surface area contributed by atoms with Crippen molar-refractivity contribution >= 4 is 35.0 Å². The lowest BCUT2D eigenvalue weighted by Crippen LogP contribution is -2.26. The van der Waals surface area contributed by atoms with Gasteiger partial charge in [0.25, 0.3) is 0 Å². The number of rotatable bonds is 3. The summed E-state index contributed by atoms with van der Waals surface area (Å²) in [4.78, 5) is 22.7. The van der Waals surface area contributed by atoms with Gasteiger partial charge in [0, 0.05) is 16.3 Å². The number of halogens is 1. The number of nitrogens with one attached hydrogen (secondary N) is 2. The predicted octanol–water partition coefficient (Wildman–Crippen LogP) is 2.35. The van der Waals surface area contributed by atoms with E-state index in [-0.39, 0.29) is 11.3 Å². The van der Waals surface area contributed by atoms with Gasteiger partial charge in [0.05, 0.1) is 11.7 Å². The van der Waals surface area contributed by atoms with Crippen LogP contribution in [-0.2, 0) is 0 Å². The van der Waals surface area contributed by atoms with E-state index < -0.39 is 12.0 Å². The maximum atomic E-state index is 11.8. The monoisotopic (exact) mass is 289 g/mol. The zero-order chi connectivity index (χ0) is 14.5. The fourth-order valence-corrected chi connectivity index (χ4v) is 1.71. The van der Waals surface area contributed by atoms with Crippen LogP contribution < -0.4 is 15.7 Å². The Hall–Kier alpha value is -2.53. The summed E-state index contributed by atoms with van der Waals surface area (Å²) in [5.74, 6) is -1.35. The van der Waals surface area contributed by atoms with Gasteiger partial charge in [-0.2, -0.15) is 0 Å². The normalized spacial score (nSPS) is 9.85. The lowest BCUT2D eigenvalue weighted by atomic mass is 10.2. The maximum Gasteiger partial charge on any atom is 0.323 e. The molecule has 6 heteroatoms. The molecular formula is C14H10ClN2O3-. The molecule has 0 aliphatic carbocycles. The van der Waals surface area contributed by atoms with Gasteiger partial charge in [-0.05, 0) is 30.3 Å². The number of para-hydroxylation sites is 1. The Kier molecular flexibility index (Phi) is 4.22. The molecule has 0 bridgehead atoms. The number of hydrogen-bond donors (Lipinski definition) is 2. The average Bonchev–Trinajstić information content (AvgIpc) is 2.41. The van der Waals surface area contributed by atoms with Crippen LogP contribution in [-0.4, -0.2) is 12.0 Å². The second-order valence-electron chi connectivity index (χ2n) is 3.92. The van der Waals surface area contributed by atoms with Gasteiger partial charge in [-0.25, -0.2) is 4.79 Å². The topological polar surface area (TPSA) is 81.3 Å². The van der Waals surface area contributed by atoms with Crippen molar-refractivity contribution in [1.29, 1.82) is 0 Å². The van der Waals surface area contributed by atoms with E-state index in [1.54, 1.807) is 36.4 Å². The van der Waals surface area contributed by atoms with E-state index in [0.717, 1.165) is 0 Å². The van der Waals surface area contributed by atoms with Crippen molar-refractivity contribution in [2.75, 3.05) is 10.6 Å². The van der Waals surface area contributed by atoms with Crippen LogP contribution in [0.2, 0.25) is 5.02 Å². The third-order valence-electron chi connectivity index (χ3n) is 2.50. The third-order valence-corrected chi connectivity index (χ3v) is 2.75. The van der Waals surface area contributed by atoms with E-state index in [9.17, 15) is 14.7 Å². The molecule has 0 radical (unpaired) electrons. The lowest BCUT2D eigenvalue weighted by molar-refractivity contribution is -0.254. The molecule has 0 aliphatic rings. The van der Waals surface area contributed by atoms with Crippen LogP contribution in [0.15, 0.2) is 48.5 Å². The molecule has 20 heavy (non-hydrogen) atoms. The van der Waals surface area contributed by atoms with E-state index in [1.165, 1.54) is 12.1 Å². The van der Waals surface area contributed by atoms with Gasteiger partial charge in [0.15, 0.2) is 0 Å². The highest BCUT2D eigenvalue weighted by Crippen LogP contribution is 2.16. The highest BCUT2D eigenvalue weighted by molar-refractivity contribution is 6.30. The molecule has 2 aromatic carbocycles. The fourth-order valence-electron chi connectivity index (χ4n) is 1.59. The number of anilines is 2. The summed E-state index contributed by atoms with van der Waals surface area (Å²) in [6.07, 6.45) is 0. The zero-order valence-corrected chi connectivity index (χ0v) is 11.0. The van der Waals surface area contributed by atoms with Crippen molar-refractivity contribution in [3.05, 3.63) is 59.1 Å². The van der Waals surface area contributed by atoms with Gasteiger partial charge in [-0.1, -0.05) is 29.8 Å². The molecule has 0 saturated carbocycles. The quantitative estimate of drug-likeness (QED) is 0.910. The van der Waals surface area contributed by atoms with Crippen LogP contribution >= 0.6 is 11.6 Å². The third kappa shape index (κ3) is 3.49. The standard InChI is InChI=1S/C14H11ClN2O3/c15-9-5-7-10(8-6-9)16-14(20)17-12-4-2-1-3-11(12)13(18)19/h1-8H,(H,18,19)(H2,16,17,20)/p-1. The minimum Gasteiger partial charge on any atom is -0.545 e. The Morgan fingerprint density at radius 1 is 0.950 bits per heavy atom. The number of hydrogen-bond acceptors (Lipinski definition) is 3. The molecular weight excluding hydrogens is 280 g/mol. The highest BCUT2D eigenvalue weighted by Gasteiger charge is 2.07. The summed E-state index contributed by atoms with van der Waals surface area (Å²) >= 11 is 5.73. The van der Waals surface area contributed by atoms with Crippen LogP contribution in [0.1, 0.15) is 10.4 Å². The molecule has 2 N–H and O–H groups in total. The average molecular weight is 290 g/mol. The van der Waals surface area contributed by atoms with E-state index in [4.69, 9.17) is 11.6 Å². The first-order valence-electron chi connectivity index (χ1n) is 5.70. The van der Waals surface area contributed by atoms with E-state index in [0.29, 0.717) is 10.7 Å². The Bertz CT molecular complexity index is 641. The van der Waals surface area contributed by atoms with E-state index in [2.05, 4.69) is 10.6 Å². The first-order chi connectivity index (χ1) is 9.56. The zero-order valence-electron chi connectivity index (χ0n) is 10.2. The molecule has 0 heterocycles. The second-order valence-corrected chi connectivity index (χ2v) is 4.36. The molecule has 2 aromatic rings. The smallest absolute Gasteiger partial charge is 0.323 e. The van der Waals surface area contributed by atoms with E-state index in [1.807, 2.05) is 0 Å². The number of benzene rings is 2. The van der Waals surface area contributed by atoms with Gasteiger partial charge in [0.1, 0.15) is 0 Å². The number of carboxylic acids is 1. The van der Waals surface area contributed by atoms with Crippen LogP contribution in [0, 0.1) is 0 Å². The van der Waals surface area contributed by atoms with Crippen molar-refractivity contribution in [2.45, 2.75) is 0 Å². The number of carbonyl (C=O) groups excluding carboxylic acids is 2. The molecule has 5 nitrogen and oxygen atoms in total. The number of carboxylic acid groups (broad SMARTS) is 1. The molecule has 0 atom stereocenters. The SMILES string of the molecule is O=C(Nc1ccc(Cl)cc1)Nc1ccccc1C(=O)[O-]. The van der Waals surface area contributed by atoms with Gasteiger partial charge < -0.3 is 20.5 Å². The van der Waals surface area contributed by atoms with Crippen LogP contribution in [0.3, 0.4) is 0 Å². The fraction of sp³-hybridized carbons (Fsp3) is 0. The Balaban J connectivity index is 2.08. The van der Waals surface area contributed by atoms with Crippen molar-refractivity contribution in [1.82, 2.24) is 0 Å². The van der Waals surface area contributed by atoms with Crippen LogP contribution in [0.5, 0.6) is 0 Å². The first-order valence-corrected chi connectivity index (χ1v) is 6.08. The molecule has 0 unspecified atom stereocenters. The maximum absolute atomic E-state index is 11.8. The summed E-state index contributed by atoms with van der Waals surface area (Å²) in [7, 11) is 0. The van der Waals surface area contributed by atoms with Gasteiger partial charge >= 0.3 is 6.03 Å². The summed E-state index contributed by atoms with van der Waals surface area (Å²) < 4.78 is 0. The minimum absolute atomic E-state index is 0.0845. The Labute approximate surface area is 120 Å². The van der Waals surface area contributed by atoms with Gasteiger partial charge in [-0.3, -0.25) is 0 Å².